The lowest BCUT2D eigenvalue weighted by Crippen LogP contribution is -2.44. The monoisotopic (exact) mass is 236 g/mol. The molecule has 1 N–H and O–H groups in total. The lowest BCUT2D eigenvalue weighted by molar-refractivity contribution is 0.274. The second-order valence-electron chi connectivity index (χ2n) is 5.61. The van der Waals surface area contributed by atoms with Crippen molar-refractivity contribution in [3.8, 4) is 0 Å². The first-order valence-electron chi connectivity index (χ1n) is 6.77. The third kappa shape index (κ3) is 2.51. The third-order valence-electron chi connectivity index (χ3n) is 3.80. The molecular weight excluding hydrogens is 212 g/mol. The van der Waals surface area contributed by atoms with E-state index in [4.69, 9.17) is 0 Å². The van der Waals surface area contributed by atoms with E-state index in [0.29, 0.717) is 5.92 Å². The molecule has 1 aliphatic rings. The standard InChI is InChI=1S/C13H24N4/c1-4-13(6-5-7-14-9-13)12-16-15-10-17(12)8-11(2)3/h10-11,14H,4-9H2,1-3H3. The molecule has 1 aliphatic heterocycles. The average Bonchev–Trinajstić information content (AvgIpc) is 2.78. The van der Waals surface area contributed by atoms with Crippen molar-refractivity contribution in [1.29, 1.82) is 0 Å². The summed E-state index contributed by atoms with van der Waals surface area (Å²) >= 11 is 0. The highest BCUT2D eigenvalue weighted by Crippen LogP contribution is 2.33. The fourth-order valence-corrected chi connectivity index (χ4v) is 2.81. The molecule has 1 saturated heterocycles. The zero-order chi connectivity index (χ0) is 12.3. The van der Waals surface area contributed by atoms with Crippen molar-refractivity contribution in [3.05, 3.63) is 12.2 Å². The number of hydrogen-bond acceptors (Lipinski definition) is 3. The summed E-state index contributed by atoms with van der Waals surface area (Å²) in [4.78, 5) is 0. The molecule has 1 fully saturated rings. The molecule has 0 bridgehead atoms. The van der Waals surface area contributed by atoms with E-state index in [-0.39, 0.29) is 5.41 Å². The van der Waals surface area contributed by atoms with Crippen LogP contribution in [0.25, 0.3) is 0 Å². The van der Waals surface area contributed by atoms with Gasteiger partial charge in [-0.1, -0.05) is 20.8 Å². The van der Waals surface area contributed by atoms with Crippen molar-refractivity contribution in [3.63, 3.8) is 0 Å². The first-order valence-corrected chi connectivity index (χ1v) is 6.77. The number of hydrogen-bond donors (Lipinski definition) is 1. The Morgan fingerprint density at radius 2 is 2.35 bits per heavy atom. The van der Waals surface area contributed by atoms with Crippen LogP contribution < -0.4 is 5.32 Å². The summed E-state index contributed by atoms with van der Waals surface area (Å²) < 4.78 is 2.25. The van der Waals surface area contributed by atoms with Gasteiger partial charge in [0.05, 0.1) is 0 Å². The summed E-state index contributed by atoms with van der Waals surface area (Å²) in [5.41, 5.74) is 0.198. The number of piperidine rings is 1. The first kappa shape index (κ1) is 12.6. The third-order valence-corrected chi connectivity index (χ3v) is 3.80. The van der Waals surface area contributed by atoms with Crippen molar-refractivity contribution in [2.45, 2.75) is 52.0 Å². The Kier molecular flexibility index (Phi) is 3.82. The molecule has 0 spiro atoms. The molecule has 96 valence electrons. The van der Waals surface area contributed by atoms with E-state index in [9.17, 15) is 0 Å². The quantitative estimate of drug-likeness (QED) is 0.869. The van der Waals surface area contributed by atoms with Crippen LogP contribution >= 0.6 is 0 Å². The van der Waals surface area contributed by atoms with Crippen LogP contribution in [0.15, 0.2) is 6.33 Å². The molecule has 2 heterocycles. The smallest absolute Gasteiger partial charge is 0.140 e. The number of aromatic nitrogens is 3. The predicted molar refractivity (Wildman–Crippen MR) is 68.9 cm³/mol. The molecule has 0 radical (unpaired) electrons. The highest BCUT2D eigenvalue weighted by atomic mass is 15.3. The van der Waals surface area contributed by atoms with E-state index < -0.39 is 0 Å². The van der Waals surface area contributed by atoms with Gasteiger partial charge in [0.15, 0.2) is 0 Å². The van der Waals surface area contributed by atoms with Gasteiger partial charge < -0.3 is 9.88 Å². The summed E-state index contributed by atoms with van der Waals surface area (Å²) in [7, 11) is 0. The van der Waals surface area contributed by atoms with Gasteiger partial charge in [0.25, 0.3) is 0 Å². The largest absolute Gasteiger partial charge is 0.317 e. The molecule has 0 aromatic carbocycles. The summed E-state index contributed by atoms with van der Waals surface area (Å²) in [6.45, 7) is 9.94. The molecule has 1 atom stereocenters. The van der Waals surface area contributed by atoms with Crippen LogP contribution in [0.2, 0.25) is 0 Å². The molecule has 1 unspecified atom stereocenters. The second-order valence-corrected chi connectivity index (χ2v) is 5.61. The Morgan fingerprint density at radius 3 is 2.94 bits per heavy atom. The molecule has 1 aromatic rings. The molecule has 17 heavy (non-hydrogen) atoms. The normalized spacial score (nSPS) is 25.4. The maximum Gasteiger partial charge on any atom is 0.140 e. The van der Waals surface area contributed by atoms with Crippen molar-refractivity contribution in [1.82, 2.24) is 20.1 Å². The summed E-state index contributed by atoms with van der Waals surface area (Å²) in [5.74, 6) is 1.82. The Morgan fingerprint density at radius 1 is 1.53 bits per heavy atom. The SMILES string of the molecule is CCC1(c2nncn2CC(C)C)CCCNC1. The molecule has 4 nitrogen and oxygen atoms in total. The van der Waals surface area contributed by atoms with Crippen LogP contribution in [0.1, 0.15) is 45.9 Å². The van der Waals surface area contributed by atoms with E-state index in [1.54, 1.807) is 0 Å². The molecule has 0 amide bonds. The minimum atomic E-state index is 0.198. The van der Waals surface area contributed by atoms with Crippen molar-refractivity contribution < 1.29 is 0 Å². The van der Waals surface area contributed by atoms with E-state index in [1.807, 2.05) is 6.33 Å². The van der Waals surface area contributed by atoms with Gasteiger partial charge in [-0.3, -0.25) is 0 Å². The highest BCUT2D eigenvalue weighted by Gasteiger charge is 2.36. The van der Waals surface area contributed by atoms with Crippen LogP contribution in [-0.4, -0.2) is 27.9 Å². The zero-order valence-electron chi connectivity index (χ0n) is 11.2. The van der Waals surface area contributed by atoms with Crippen molar-refractivity contribution in [2.24, 2.45) is 5.92 Å². The molecular formula is C13H24N4. The van der Waals surface area contributed by atoms with Crippen LogP contribution in [0.4, 0.5) is 0 Å². The molecule has 2 rings (SSSR count). The molecule has 0 aliphatic carbocycles. The topological polar surface area (TPSA) is 42.7 Å². The Labute approximate surface area is 104 Å². The summed E-state index contributed by atoms with van der Waals surface area (Å²) in [6, 6.07) is 0. The van der Waals surface area contributed by atoms with Gasteiger partial charge in [0, 0.05) is 18.5 Å². The molecule has 0 saturated carbocycles. The van der Waals surface area contributed by atoms with E-state index in [2.05, 4.69) is 40.9 Å². The summed E-state index contributed by atoms with van der Waals surface area (Å²) in [5, 5.41) is 12.1. The number of rotatable bonds is 4. The first-order chi connectivity index (χ1) is 8.18. The van der Waals surface area contributed by atoms with Gasteiger partial charge in [-0.25, -0.2) is 0 Å². The number of nitrogens with one attached hydrogen (secondary N) is 1. The second kappa shape index (κ2) is 5.17. The minimum absolute atomic E-state index is 0.198. The lowest BCUT2D eigenvalue weighted by atomic mass is 9.77. The van der Waals surface area contributed by atoms with E-state index in [0.717, 1.165) is 26.1 Å². The van der Waals surface area contributed by atoms with Crippen LogP contribution in [0, 0.1) is 5.92 Å². The van der Waals surface area contributed by atoms with Gasteiger partial charge in [0.2, 0.25) is 0 Å². The van der Waals surface area contributed by atoms with Crippen LogP contribution in [0.5, 0.6) is 0 Å². The van der Waals surface area contributed by atoms with Gasteiger partial charge in [-0.05, 0) is 31.7 Å². The lowest BCUT2D eigenvalue weighted by Gasteiger charge is -2.36. The minimum Gasteiger partial charge on any atom is -0.317 e. The molecule has 1 aromatic heterocycles. The fourth-order valence-electron chi connectivity index (χ4n) is 2.81. The van der Waals surface area contributed by atoms with Crippen LogP contribution in [-0.2, 0) is 12.0 Å². The highest BCUT2D eigenvalue weighted by molar-refractivity contribution is 5.11. The van der Waals surface area contributed by atoms with Crippen LogP contribution in [0.3, 0.4) is 0 Å². The predicted octanol–water partition coefficient (Wildman–Crippen LogP) is 1.97. The van der Waals surface area contributed by atoms with Gasteiger partial charge >= 0.3 is 0 Å². The fraction of sp³-hybridized carbons (Fsp3) is 0.846. The van der Waals surface area contributed by atoms with E-state index >= 15 is 0 Å². The molecule has 4 heteroatoms. The van der Waals surface area contributed by atoms with E-state index in [1.165, 1.54) is 18.7 Å². The summed E-state index contributed by atoms with van der Waals surface area (Å²) in [6.07, 6.45) is 5.49. The van der Waals surface area contributed by atoms with Gasteiger partial charge in [-0.2, -0.15) is 0 Å². The van der Waals surface area contributed by atoms with Crippen molar-refractivity contribution >= 4 is 0 Å². The Balaban J connectivity index is 2.26. The zero-order valence-corrected chi connectivity index (χ0v) is 11.2. The Bertz CT molecular complexity index is 350. The Hall–Kier alpha value is -0.900. The van der Waals surface area contributed by atoms with Gasteiger partial charge in [0.1, 0.15) is 12.2 Å². The average molecular weight is 236 g/mol. The number of nitrogens with zero attached hydrogens (tertiary/aromatic N) is 3. The van der Waals surface area contributed by atoms with Crippen molar-refractivity contribution in [2.75, 3.05) is 13.1 Å². The maximum absolute atomic E-state index is 4.41. The maximum atomic E-state index is 4.41. The van der Waals surface area contributed by atoms with Gasteiger partial charge in [-0.15, -0.1) is 10.2 Å².